The molecule has 3 aromatic carbocycles. The van der Waals surface area contributed by atoms with Crippen molar-refractivity contribution in [2.24, 2.45) is 0 Å². The molecule has 0 aliphatic heterocycles. The lowest BCUT2D eigenvalue weighted by Crippen LogP contribution is -1.94. The van der Waals surface area contributed by atoms with E-state index in [0.29, 0.717) is 0 Å². The summed E-state index contributed by atoms with van der Waals surface area (Å²) in [7, 11) is 0. The molecule has 4 heterocycles. The highest BCUT2D eigenvalue weighted by atomic mass is 15.1. The fraction of sp³-hybridized carbons (Fsp3) is 0.0645. The Balaban J connectivity index is 1.36. The maximum absolute atomic E-state index is 5.22. The van der Waals surface area contributed by atoms with Gasteiger partial charge in [0, 0.05) is 29.6 Å². The second-order valence-corrected chi connectivity index (χ2v) is 9.68. The van der Waals surface area contributed by atoms with Crippen molar-refractivity contribution in [1.29, 1.82) is 0 Å². The van der Waals surface area contributed by atoms with E-state index in [1.165, 1.54) is 44.5 Å². The Labute approximate surface area is 200 Å². The standard InChI is InChI=1S/C31H18N4/c1-2-6-20-17(5-1)13-18-14-19-15-26-21(25(19)16-24(18)20)9-10-27-28(26)34-31-29-22(7-3-11-32-29)23-8-4-12-33-30(23)35(27)31/h1-12,14,16H,13,15H2. The quantitative estimate of drug-likeness (QED) is 0.243. The van der Waals surface area contributed by atoms with Gasteiger partial charge in [0.1, 0.15) is 11.2 Å². The second kappa shape index (κ2) is 6.10. The summed E-state index contributed by atoms with van der Waals surface area (Å²) >= 11 is 0. The lowest BCUT2D eigenvalue weighted by Gasteiger charge is -2.07. The maximum atomic E-state index is 5.22. The van der Waals surface area contributed by atoms with Gasteiger partial charge in [0.25, 0.3) is 0 Å². The van der Waals surface area contributed by atoms with Crippen molar-refractivity contribution >= 4 is 38.6 Å². The molecule has 0 saturated carbocycles. The van der Waals surface area contributed by atoms with Gasteiger partial charge in [-0.15, -0.1) is 0 Å². The van der Waals surface area contributed by atoms with Crippen LogP contribution in [0.1, 0.15) is 22.3 Å². The van der Waals surface area contributed by atoms with Gasteiger partial charge in [0.15, 0.2) is 5.65 Å². The van der Waals surface area contributed by atoms with Gasteiger partial charge in [0.2, 0.25) is 0 Å². The maximum Gasteiger partial charge on any atom is 0.166 e. The van der Waals surface area contributed by atoms with E-state index in [1.807, 2.05) is 24.5 Å². The van der Waals surface area contributed by atoms with Crippen LogP contribution in [-0.4, -0.2) is 19.4 Å². The molecule has 0 bridgehead atoms. The SMILES string of the molecule is c1ccc2c(c1)Cc1cc3c(cc1-2)-c1ccc2c(nc4c5ncccc5c5cccnc5n24)c1C3. The van der Waals surface area contributed by atoms with Crippen LogP contribution in [0.25, 0.3) is 60.9 Å². The van der Waals surface area contributed by atoms with E-state index in [4.69, 9.17) is 15.0 Å². The van der Waals surface area contributed by atoms with Crippen LogP contribution in [-0.2, 0) is 12.8 Å². The predicted octanol–water partition coefficient (Wildman–Crippen LogP) is 6.73. The average molecular weight is 447 g/mol. The van der Waals surface area contributed by atoms with Crippen LogP contribution in [0.4, 0.5) is 0 Å². The van der Waals surface area contributed by atoms with Crippen LogP contribution >= 0.6 is 0 Å². The minimum atomic E-state index is 0.877. The zero-order chi connectivity index (χ0) is 22.7. The lowest BCUT2D eigenvalue weighted by atomic mass is 9.98. The van der Waals surface area contributed by atoms with Gasteiger partial charge in [-0.05, 0) is 81.3 Å². The first-order chi connectivity index (χ1) is 17.3. The number of hydrogen-bond acceptors (Lipinski definition) is 3. The van der Waals surface area contributed by atoms with Gasteiger partial charge in [0.05, 0.1) is 11.0 Å². The molecule has 0 unspecified atom stereocenters. The Kier molecular flexibility index (Phi) is 3.11. The highest BCUT2D eigenvalue weighted by Gasteiger charge is 2.28. The molecule has 2 aliphatic carbocycles. The van der Waals surface area contributed by atoms with Crippen molar-refractivity contribution in [3.63, 3.8) is 0 Å². The zero-order valence-electron chi connectivity index (χ0n) is 18.8. The first kappa shape index (κ1) is 17.8. The number of hydrogen-bond donors (Lipinski definition) is 0. The highest BCUT2D eigenvalue weighted by Crippen LogP contribution is 2.46. The Morgan fingerprint density at radius 3 is 2.37 bits per heavy atom. The first-order valence-electron chi connectivity index (χ1n) is 12.0. The Morgan fingerprint density at radius 1 is 0.571 bits per heavy atom. The van der Waals surface area contributed by atoms with Crippen LogP contribution in [0.5, 0.6) is 0 Å². The number of aromatic nitrogens is 4. The predicted molar refractivity (Wildman–Crippen MR) is 140 cm³/mol. The molecule has 162 valence electrons. The molecule has 9 rings (SSSR count). The first-order valence-corrected chi connectivity index (χ1v) is 12.0. The van der Waals surface area contributed by atoms with Gasteiger partial charge in [-0.25, -0.2) is 9.97 Å². The van der Waals surface area contributed by atoms with Crippen molar-refractivity contribution in [2.75, 3.05) is 0 Å². The van der Waals surface area contributed by atoms with Crippen LogP contribution in [0.2, 0.25) is 0 Å². The smallest absolute Gasteiger partial charge is 0.166 e. The average Bonchev–Trinajstić information content (AvgIpc) is 3.58. The molecule has 0 spiro atoms. The van der Waals surface area contributed by atoms with Crippen LogP contribution < -0.4 is 0 Å². The molecule has 4 heteroatoms. The minimum Gasteiger partial charge on any atom is -0.274 e. The summed E-state index contributed by atoms with van der Waals surface area (Å²) in [4.78, 5) is 14.7. The van der Waals surface area contributed by atoms with Crippen LogP contribution in [0, 0.1) is 0 Å². The number of imidazole rings is 1. The molecule has 0 radical (unpaired) electrons. The molecule has 35 heavy (non-hydrogen) atoms. The van der Waals surface area contributed by atoms with E-state index in [2.05, 4.69) is 65.1 Å². The Hall–Kier alpha value is -4.57. The molecule has 2 aliphatic rings. The molecule has 7 aromatic rings. The van der Waals surface area contributed by atoms with Crippen molar-refractivity contribution in [3.05, 3.63) is 107 Å². The normalized spacial score (nSPS) is 13.5. The minimum absolute atomic E-state index is 0.877. The van der Waals surface area contributed by atoms with Crippen molar-refractivity contribution < 1.29 is 0 Å². The van der Waals surface area contributed by atoms with Crippen LogP contribution in [0.15, 0.2) is 85.2 Å². The molecule has 4 nitrogen and oxygen atoms in total. The molecule has 4 aromatic heterocycles. The molecule has 0 saturated heterocycles. The summed E-state index contributed by atoms with van der Waals surface area (Å²) in [5.74, 6) is 0. The van der Waals surface area contributed by atoms with Crippen LogP contribution in [0.3, 0.4) is 0 Å². The molecular formula is C31H18N4. The number of nitrogens with zero attached hydrogens (tertiary/aromatic N) is 4. The molecule has 0 amide bonds. The Bertz CT molecular complexity index is 2070. The third-order valence-electron chi connectivity index (χ3n) is 7.91. The van der Waals surface area contributed by atoms with Gasteiger partial charge in [-0.2, -0.15) is 0 Å². The summed E-state index contributed by atoms with van der Waals surface area (Å²) in [6.07, 6.45) is 5.64. The third-order valence-corrected chi connectivity index (χ3v) is 7.91. The molecular weight excluding hydrogens is 428 g/mol. The van der Waals surface area contributed by atoms with E-state index < -0.39 is 0 Å². The zero-order valence-corrected chi connectivity index (χ0v) is 18.8. The molecule has 0 N–H and O–H groups in total. The lowest BCUT2D eigenvalue weighted by molar-refractivity contribution is 1.22. The fourth-order valence-corrected chi connectivity index (χ4v) is 6.41. The topological polar surface area (TPSA) is 43.1 Å². The summed E-state index contributed by atoms with van der Waals surface area (Å²) in [5.41, 5.74) is 15.9. The molecule has 0 atom stereocenters. The molecule has 0 fully saturated rings. The summed E-state index contributed by atoms with van der Waals surface area (Å²) in [6.45, 7) is 0. The van der Waals surface area contributed by atoms with Gasteiger partial charge in [-0.1, -0.05) is 42.5 Å². The summed E-state index contributed by atoms with van der Waals surface area (Å²) in [6, 6.07) is 26.4. The van der Waals surface area contributed by atoms with E-state index in [-0.39, 0.29) is 0 Å². The van der Waals surface area contributed by atoms with Crippen molar-refractivity contribution in [3.8, 4) is 22.3 Å². The van der Waals surface area contributed by atoms with Gasteiger partial charge in [-0.3, -0.25) is 9.38 Å². The van der Waals surface area contributed by atoms with Crippen molar-refractivity contribution in [1.82, 2.24) is 19.4 Å². The third kappa shape index (κ3) is 2.15. The fourth-order valence-electron chi connectivity index (χ4n) is 6.41. The monoisotopic (exact) mass is 446 g/mol. The Morgan fingerprint density at radius 2 is 1.40 bits per heavy atom. The van der Waals surface area contributed by atoms with E-state index in [9.17, 15) is 0 Å². The van der Waals surface area contributed by atoms with E-state index in [1.54, 1.807) is 0 Å². The van der Waals surface area contributed by atoms with E-state index in [0.717, 1.165) is 51.5 Å². The largest absolute Gasteiger partial charge is 0.274 e. The van der Waals surface area contributed by atoms with E-state index >= 15 is 0 Å². The second-order valence-electron chi connectivity index (χ2n) is 9.68. The number of rotatable bonds is 0. The van der Waals surface area contributed by atoms with Gasteiger partial charge < -0.3 is 0 Å². The summed E-state index contributed by atoms with van der Waals surface area (Å²) < 4.78 is 2.19. The number of fused-ring (bicyclic) bond motifs is 15. The highest BCUT2D eigenvalue weighted by molar-refractivity contribution is 6.11. The van der Waals surface area contributed by atoms with Gasteiger partial charge >= 0.3 is 0 Å². The number of pyridine rings is 3. The van der Waals surface area contributed by atoms with Crippen molar-refractivity contribution in [2.45, 2.75) is 12.8 Å². The number of benzene rings is 3. The summed E-state index contributed by atoms with van der Waals surface area (Å²) in [5, 5.41) is 2.19.